The Labute approximate surface area is 256 Å². The molecule has 10 nitrogen and oxygen atoms in total. The Bertz CT molecular complexity index is 1660. The topological polar surface area (TPSA) is 125 Å². The van der Waals surface area contributed by atoms with E-state index >= 15 is 0 Å². The van der Waals surface area contributed by atoms with Gasteiger partial charge in [-0.25, -0.2) is 10.2 Å². The molecular formula is C32H28BrN3O7. The van der Waals surface area contributed by atoms with Crippen molar-refractivity contribution in [2.24, 2.45) is 5.10 Å². The van der Waals surface area contributed by atoms with E-state index in [-0.39, 0.29) is 22.8 Å². The summed E-state index contributed by atoms with van der Waals surface area (Å²) < 4.78 is 22.3. The molecule has 0 aromatic heterocycles. The summed E-state index contributed by atoms with van der Waals surface area (Å²) in [6.07, 6.45) is 1.35. The number of hydrazone groups is 1. The number of hydrogen-bond acceptors (Lipinski definition) is 8. The van der Waals surface area contributed by atoms with Gasteiger partial charge in [0.1, 0.15) is 5.75 Å². The molecule has 0 unspecified atom stereocenters. The SMILES string of the molecule is COc1cc(C(=O)Oc2ccc(Br)cc2C=NNC(=O)c2cccc(NC(=O)c3ccc(C)cc3)c2)cc(OC)c1OC. The van der Waals surface area contributed by atoms with Crippen LogP contribution < -0.4 is 29.7 Å². The van der Waals surface area contributed by atoms with Gasteiger partial charge >= 0.3 is 5.97 Å². The highest BCUT2D eigenvalue weighted by Crippen LogP contribution is 2.38. The summed E-state index contributed by atoms with van der Waals surface area (Å²) in [6.45, 7) is 1.94. The predicted molar refractivity (Wildman–Crippen MR) is 166 cm³/mol. The molecule has 220 valence electrons. The van der Waals surface area contributed by atoms with Crippen molar-refractivity contribution in [3.63, 3.8) is 0 Å². The lowest BCUT2D eigenvalue weighted by Crippen LogP contribution is -2.18. The fourth-order valence-electron chi connectivity index (χ4n) is 3.94. The van der Waals surface area contributed by atoms with Gasteiger partial charge in [0.15, 0.2) is 11.5 Å². The lowest BCUT2D eigenvalue weighted by molar-refractivity contribution is 0.0733. The molecule has 0 aliphatic rings. The number of aryl methyl sites for hydroxylation is 1. The molecule has 0 saturated carbocycles. The number of rotatable bonds is 10. The van der Waals surface area contributed by atoms with Crippen LogP contribution in [0.5, 0.6) is 23.0 Å². The molecule has 0 bridgehead atoms. The number of carbonyl (C=O) groups excluding carboxylic acids is 3. The molecule has 0 heterocycles. The molecule has 0 aliphatic heterocycles. The third-order valence-electron chi connectivity index (χ3n) is 6.14. The molecule has 0 aliphatic carbocycles. The normalized spacial score (nSPS) is 10.6. The summed E-state index contributed by atoms with van der Waals surface area (Å²) in [4.78, 5) is 38.4. The monoisotopic (exact) mass is 645 g/mol. The van der Waals surface area contributed by atoms with Gasteiger partial charge in [-0.1, -0.05) is 39.7 Å². The van der Waals surface area contributed by atoms with Gasteiger partial charge in [0, 0.05) is 26.9 Å². The zero-order valence-electron chi connectivity index (χ0n) is 23.8. The second-order valence-electron chi connectivity index (χ2n) is 9.09. The summed E-state index contributed by atoms with van der Waals surface area (Å²) in [6, 6.07) is 21.5. The third kappa shape index (κ3) is 7.77. The van der Waals surface area contributed by atoms with E-state index in [4.69, 9.17) is 18.9 Å². The minimum Gasteiger partial charge on any atom is -0.493 e. The Balaban J connectivity index is 1.46. The lowest BCUT2D eigenvalue weighted by Gasteiger charge is -2.14. The zero-order chi connectivity index (χ0) is 30.9. The number of nitrogens with one attached hydrogen (secondary N) is 2. The van der Waals surface area contributed by atoms with E-state index in [2.05, 4.69) is 31.8 Å². The summed E-state index contributed by atoms with van der Waals surface area (Å²) in [5.41, 5.74) is 5.31. The number of halogens is 1. The van der Waals surface area contributed by atoms with Crippen molar-refractivity contribution < 1.29 is 33.3 Å². The lowest BCUT2D eigenvalue weighted by atomic mass is 10.1. The van der Waals surface area contributed by atoms with Crippen LogP contribution in [-0.2, 0) is 0 Å². The fraction of sp³-hybridized carbons (Fsp3) is 0.125. The number of amides is 2. The molecule has 11 heteroatoms. The van der Waals surface area contributed by atoms with Gasteiger partial charge in [0.05, 0.1) is 33.1 Å². The first-order chi connectivity index (χ1) is 20.7. The Morgan fingerprint density at radius 2 is 1.44 bits per heavy atom. The maximum Gasteiger partial charge on any atom is 0.343 e. The largest absolute Gasteiger partial charge is 0.493 e. The number of hydrogen-bond donors (Lipinski definition) is 2. The van der Waals surface area contributed by atoms with E-state index in [1.807, 2.05) is 19.1 Å². The molecule has 0 spiro atoms. The number of nitrogens with zero attached hydrogens (tertiary/aromatic N) is 1. The molecule has 2 amide bonds. The van der Waals surface area contributed by atoms with E-state index in [1.165, 1.54) is 39.7 Å². The average molecular weight is 646 g/mol. The first-order valence-corrected chi connectivity index (χ1v) is 13.6. The maximum absolute atomic E-state index is 13.0. The van der Waals surface area contributed by atoms with Crippen LogP contribution in [0, 0.1) is 6.92 Å². The molecule has 2 N–H and O–H groups in total. The first kappa shape index (κ1) is 30.8. The Kier molecular flexibility index (Phi) is 10.1. The second-order valence-corrected chi connectivity index (χ2v) is 10.0. The fourth-order valence-corrected chi connectivity index (χ4v) is 4.32. The van der Waals surface area contributed by atoms with Crippen LogP contribution in [0.3, 0.4) is 0 Å². The molecule has 0 fully saturated rings. The highest BCUT2D eigenvalue weighted by Gasteiger charge is 2.19. The minimum absolute atomic E-state index is 0.169. The maximum atomic E-state index is 13.0. The van der Waals surface area contributed by atoms with E-state index < -0.39 is 11.9 Å². The summed E-state index contributed by atoms with van der Waals surface area (Å²) in [7, 11) is 4.36. The number of methoxy groups -OCH3 is 3. The average Bonchev–Trinajstić information content (AvgIpc) is 3.01. The van der Waals surface area contributed by atoms with Crippen molar-refractivity contribution in [1.29, 1.82) is 0 Å². The predicted octanol–water partition coefficient (Wildman–Crippen LogP) is 6.02. The van der Waals surface area contributed by atoms with Gasteiger partial charge in [-0.2, -0.15) is 5.10 Å². The number of esters is 1. The van der Waals surface area contributed by atoms with Crippen LogP contribution in [0.25, 0.3) is 0 Å². The first-order valence-electron chi connectivity index (χ1n) is 12.9. The third-order valence-corrected chi connectivity index (χ3v) is 6.63. The van der Waals surface area contributed by atoms with Gasteiger partial charge in [-0.05, 0) is 67.6 Å². The van der Waals surface area contributed by atoms with Crippen LogP contribution in [0.2, 0.25) is 0 Å². The molecule has 4 aromatic carbocycles. The molecule has 43 heavy (non-hydrogen) atoms. The van der Waals surface area contributed by atoms with Gasteiger partial charge in [0.25, 0.3) is 11.8 Å². The Hall–Kier alpha value is -5.16. The number of anilines is 1. The van der Waals surface area contributed by atoms with Gasteiger partial charge in [0.2, 0.25) is 5.75 Å². The highest BCUT2D eigenvalue weighted by atomic mass is 79.9. The molecule has 0 atom stereocenters. The van der Waals surface area contributed by atoms with Crippen LogP contribution in [0.1, 0.15) is 42.2 Å². The minimum atomic E-state index is -0.676. The van der Waals surface area contributed by atoms with Gasteiger partial charge in [-0.15, -0.1) is 0 Å². The highest BCUT2D eigenvalue weighted by molar-refractivity contribution is 9.10. The van der Waals surface area contributed by atoms with Gasteiger partial charge < -0.3 is 24.3 Å². The molecule has 0 saturated heterocycles. The summed E-state index contributed by atoms with van der Waals surface area (Å²) in [5.74, 6) is -0.341. The summed E-state index contributed by atoms with van der Waals surface area (Å²) >= 11 is 3.40. The van der Waals surface area contributed by atoms with Crippen LogP contribution in [0.15, 0.2) is 88.4 Å². The Morgan fingerprint density at radius 3 is 2.09 bits per heavy atom. The Morgan fingerprint density at radius 1 is 0.744 bits per heavy atom. The quantitative estimate of drug-likeness (QED) is 0.0935. The van der Waals surface area contributed by atoms with E-state index in [9.17, 15) is 14.4 Å². The van der Waals surface area contributed by atoms with E-state index in [0.717, 1.165) is 5.56 Å². The van der Waals surface area contributed by atoms with E-state index in [0.29, 0.717) is 38.5 Å². The van der Waals surface area contributed by atoms with Crippen molar-refractivity contribution in [2.75, 3.05) is 26.6 Å². The van der Waals surface area contributed by atoms with Crippen molar-refractivity contribution >= 4 is 45.6 Å². The van der Waals surface area contributed by atoms with Crippen molar-refractivity contribution in [1.82, 2.24) is 5.43 Å². The molecule has 4 aromatic rings. The van der Waals surface area contributed by atoms with Crippen LogP contribution in [0.4, 0.5) is 5.69 Å². The smallest absolute Gasteiger partial charge is 0.343 e. The number of ether oxygens (including phenoxy) is 4. The van der Waals surface area contributed by atoms with E-state index in [1.54, 1.807) is 54.6 Å². The van der Waals surface area contributed by atoms with Crippen LogP contribution in [-0.4, -0.2) is 45.3 Å². The van der Waals surface area contributed by atoms with Crippen LogP contribution >= 0.6 is 15.9 Å². The van der Waals surface area contributed by atoms with Crippen molar-refractivity contribution in [2.45, 2.75) is 6.92 Å². The molecular weight excluding hydrogens is 618 g/mol. The molecule has 4 rings (SSSR count). The van der Waals surface area contributed by atoms with Crippen molar-refractivity contribution in [3.8, 4) is 23.0 Å². The zero-order valence-corrected chi connectivity index (χ0v) is 25.4. The number of benzene rings is 4. The number of carbonyl (C=O) groups is 3. The standard InChI is InChI=1S/C32H28BrN3O7/c1-19-8-10-20(11-9-19)30(37)35-25-7-5-6-21(15-25)31(38)36-34-18-23-14-24(33)12-13-26(23)43-32(39)22-16-27(40-2)29(42-4)28(17-22)41-3/h5-18H,1-4H3,(H,35,37)(H,36,38). The van der Waals surface area contributed by atoms with Gasteiger partial charge in [-0.3, -0.25) is 9.59 Å². The summed E-state index contributed by atoms with van der Waals surface area (Å²) in [5, 5.41) is 6.83. The molecule has 0 radical (unpaired) electrons. The van der Waals surface area contributed by atoms with Crippen molar-refractivity contribution in [3.05, 3.63) is 111 Å². The second kappa shape index (κ2) is 14.1.